The van der Waals surface area contributed by atoms with Gasteiger partial charge in [-0.15, -0.1) is 0 Å². The number of aliphatic carboxylic acids is 2. The third-order valence-corrected chi connectivity index (χ3v) is 2.79. The van der Waals surface area contributed by atoms with Gasteiger partial charge in [-0.25, -0.2) is 10.9 Å². The fourth-order valence-electron chi connectivity index (χ4n) is 1.28. The van der Waals surface area contributed by atoms with Crippen LogP contribution >= 0.6 is 0 Å². The van der Waals surface area contributed by atoms with Crippen molar-refractivity contribution in [2.45, 2.75) is 50.6 Å². The number of carboxylic acid groups (broad SMARTS) is 2. The van der Waals surface area contributed by atoms with Gasteiger partial charge in [0.1, 0.15) is 11.1 Å². The predicted octanol–water partition coefficient (Wildman–Crippen LogP) is 0.375. The van der Waals surface area contributed by atoms with E-state index in [0.29, 0.717) is 0 Å². The number of nitrogens with one attached hydrogen (secondary N) is 2. The molecule has 2 atom stereocenters. The molecule has 0 aliphatic heterocycles. The van der Waals surface area contributed by atoms with Crippen LogP contribution in [0.1, 0.15) is 39.5 Å². The average Bonchev–Trinajstić information content (AvgIpc) is 2.41. The smallest absolute Gasteiger partial charge is 0.303 e. The first-order chi connectivity index (χ1) is 9.16. The van der Waals surface area contributed by atoms with Gasteiger partial charge in [-0.3, -0.25) is 9.59 Å². The van der Waals surface area contributed by atoms with Crippen LogP contribution in [0.15, 0.2) is 0 Å². The first-order valence-corrected chi connectivity index (χ1v) is 5.97. The molecule has 0 aromatic carbocycles. The molecule has 0 fully saturated rings. The van der Waals surface area contributed by atoms with Crippen LogP contribution in [0.25, 0.3) is 0 Å². The summed E-state index contributed by atoms with van der Waals surface area (Å²) in [5, 5.41) is 35.4. The first kappa shape index (κ1) is 17.8. The second-order valence-corrected chi connectivity index (χ2v) is 4.93. The molecule has 0 heterocycles. The van der Waals surface area contributed by atoms with Crippen molar-refractivity contribution >= 4 is 11.9 Å². The van der Waals surface area contributed by atoms with Crippen molar-refractivity contribution in [3.05, 3.63) is 0 Å². The van der Waals surface area contributed by atoms with E-state index in [1.165, 1.54) is 13.8 Å². The molecule has 0 radical (unpaired) electrons. The van der Waals surface area contributed by atoms with Crippen LogP contribution in [0.5, 0.6) is 0 Å². The molecule has 0 aromatic heterocycles. The van der Waals surface area contributed by atoms with Gasteiger partial charge in [0.05, 0.1) is 12.1 Å². The van der Waals surface area contributed by atoms with E-state index < -0.39 is 23.0 Å². The van der Waals surface area contributed by atoms with Gasteiger partial charge in [0.25, 0.3) is 0 Å². The molecular weight excluding hydrogens is 264 g/mol. The van der Waals surface area contributed by atoms with Crippen molar-refractivity contribution < 1.29 is 19.8 Å². The third-order valence-electron chi connectivity index (χ3n) is 2.79. The van der Waals surface area contributed by atoms with Crippen molar-refractivity contribution in [1.82, 2.24) is 10.9 Å². The fraction of sp³-hybridized carbons (Fsp3) is 0.667. The van der Waals surface area contributed by atoms with E-state index in [9.17, 15) is 9.59 Å². The van der Waals surface area contributed by atoms with Gasteiger partial charge in [0, 0.05) is 12.8 Å². The molecule has 0 aromatic rings. The minimum absolute atomic E-state index is 0.0479. The average molecular weight is 282 g/mol. The number of carboxylic acids is 2. The van der Waals surface area contributed by atoms with Gasteiger partial charge in [0.2, 0.25) is 0 Å². The molecule has 110 valence electrons. The van der Waals surface area contributed by atoms with Crippen molar-refractivity contribution in [3.8, 4) is 12.1 Å². The van der Waals surface area contributed by atoms with E-state index in [4.69, 9.17) is 20.7 Å². The zero-order chi connectivity index (χ0) is 15.8. The molecule has 0 spiro atoms. The molecule has 8 heteroatoms. The number of carbonyl (C=O) groups is 2. The molecular formula is C12H18N4O4. The summed E-state index contributed by atoms with van der Waals surface area (Å²) >= 11 is 0. The lowest BCUT2D eigenvalue weighted by molar-refractivity contribution is -0.138. The summed E-state index contributed by atoms with van der Waals surface area (Å²) < 4.78 is 0. The summed E-state index contributed by atoms with van der Waals surface area (Å²) in [6, 6.07) is 3.87. The Morgan fingerprint density at radius 3 is 1.45 bits per heavy atom. The Labute approximate surface area is 117 Å². The zero-order valence-corrected chi connectivity index (χ0v) is 11.4. The van der Waals surface area contributed by atoms with E-state index in [0.717, 1.165) is 0 Å². The number of hydrogen-bond donors (Lipinski definition) is 4. The largest absolute Gasteiger partial charge is 0.481 e. The van der Waals surface area contributed by atoms with E-state index >= 15 is 0 Å². The third kappa shape index (κ3) is 6.69. The molecule has 0 saturated heterocycles. The number of hydrazine groups is 1. The second-order valence-electron chi connectivity index (χ2n) is 4.93. The van der Waals surface area contributed by atoms with Crippen LogP contribution in [0.4, 0.5) is 0 Å². The van der Waals surface area contributed by atoms with Gasteiger partial charge in [-0.1, -0.05) is 0 Å². The van der Waals surface area contributed by atoms with Crippen molar-refractivity contribution in [1.29, 1.82) is 10.5 Å². The monoisotopic (exact) mass is 282 g/mol. The summed E-state index contributed by atoms with van der Waals surface area (Å²) in [6.45, 7) is 3.00. The van der Waals surface area contributed by atoms with E-state index in [1.54, 1.807) is 0 Å². The Morgan fingerprint density at radius 1 is 0.950 bits per heavy atom. The maximum Gasteiger partial charge on any atom is 0.303 e. The minimum atomic E-state index is -1.17. The Morgan fingerprint density at radius 2 is 1.25 bits per heavy atom. The zero-order valence-electron chi connectivity index (χ0n) is 11.4. The molecule has 0 amide bonds. The Balaban J connectivity index is 4.60. The number of hydrogen-bond acceptors (Lipinski definition) is 6. The predicted molar refractivity (Wildman–Crippen MR) is 68.0 cm³/mol. The van der Waals surface area contributed by atoms with Gasteiger partial charge in [0.15, 0.2) is 0 Å². The first-order valence-electron chi connectivity index (χ1n) is 5.97. The Hall–Kier alpha value is -2.16. The van der Waals surface area contributed by atoms with Crippen molar-refractivity contribution in [2.24, 2.45) is 0 Å². The van der Waals surface area contributed by atoms with Crippen molar-refractivity contribution in [2.75, 3.05) is 0 Å². The standard InChI is InChI=1S/C12H18N4O4/c1-11(7-13,5-3-9(17)18)15-16-12(2,8-14)6-4-10(19)20/h15-16H,3-6H2,1-2H3,(H,17,18)(H,19,20). The fourth-order valence-corrected chi connectivity index (χ4v) is 1.28. The number of nitrogens with zero attached hydrogens (tertiary/aromatic N) is 2. The Kier molecular flexibility index (Phi) is 6.63. The summed E-state index contributed by atoms with van der Waals surface area (Å²) in [7, 11) is 0. The Bertz CT molecular complexity index is 411. The lowest BCUT2D eigenvalue weighted by atomic mass is 9.96. The van der Waals surface area contributed by atoms with Gasteiger partial charge < -0.3 is 10.2 Å². The van der Waals surface area contributed by atoms with Gasteiger partial charge in [-0.2, -0.15) is 10.5 Å². The van der Waals surface area contributed by atoms with E-state index in [-0.39, 0.29) is 25.7 Å². The maximum atomic E-state index is 10.5. The molecule has 0 aliphatic rings. The second kappa shape index (κ2) is 7.43. The summed E-state index contributed by atoms with van der Waals surface area (Å²) in [5.74, 6) is -2.05. The molecule has 20 heavy (non-hydrogen) atoms. The molecule has 0 rings (SSSR count). The van der Waals surface area contributed by atoms with Gasteiger partial charge >= 0.3 is 11.9 Å². The highest BCUT2D eigenvalue weighted by molar-refractivity contribution is 5.67. The van der Waals surface area contributed by atoms with Crippen molar-refractivity contribution in [3.63, 3.8) is 0 Å². The summed E-state index contributed by atoms with van der Waals surface area (Å²) in [5.41, 5.74) is 2.92. The highest BCUT2D eigenvalue weighted by atomic mass is 16.4. The van der Waals surface area contributed by atoms with Gasteiger partial charge in [-0.05, 0) is 26.7 Å². The van der Waals surface area contributed by atoms with Crippen LogP contribution in [-0.2, 0) is 9.59 Å². The molecule has 8 nitrogen and oxygen atoms in total. The lowest BCUT2D eigenvalue weighted by Gasteiger charge is -2.30. The molecule has 0 aliphatic carbocycles. The molecule has 4 N–H and O–H groups in total. The number of rotatable bonds is 9. The lowest BCUT2D eigenvalue weighted by Crippen LogP contribution is -2.58. The topological polar surface area (TPSA) is 146 Å². The quantitative estimate of drug-likeness (QED) is 0.444. The summed E-state index contributed by atoms with van der Waals surface area (Å²) in [6.07, 6.45) is -0.299. The van der Waals surface area contributed by atoms with Crippen LogP contribution in [0, 0.1) is 22.7 Å². The highest BCUT2D eigenvalue weighted by Gasteiger charge is 2.30. The maximum absolute atomic E-state index is 10.5. The molecule has 2 unspecified atom stereocenters. The number of nitriles is 2. The minimum Gasteiger partial charge on any atom is -0.481 e. The molecule has 0 saturated carbocycles. The SMILES string of the molecule is CC(C#N)(CCC(=O)O)NNC(C)(C#N)CCC(=O)O. The van der Waals surface area contributed by atoms with E-state index in [1.807, 2.05) is 12.1 Å². The van der Waals surface area contributed by atoms with Crippen LogP contribution in [-0.4, -0.2) is 33.2 Å². The normalized spacial score (nSPS) is 16.2. The summed E-state index contributed by atoms with van der Waals surface area (Å²) in [4.78, 5) is 21.0. The molecule has 0 bridgehead atoms. The highest BCUT2D eigenvalue weighted by Crippen LogP contribution is 2.14. The van der Waals surface area contributed by atoms with Crippen LogP contribution in [0.2, 0.25) is 0 Å². The van der Waals surface area contributed by atoms with Crippen LogP contribution in [0.3, 0.4) is 0 Å². The van der Waals surface area contributed by atoms with E-state index in [2.05, 4.69) is 10.9 Å². The van der Waals surface area contributed by atoms with Crippen LogP contribution < -0.4 is 10.9 Å².